The van der Waals surface area contributed by atoms with Crippen molar-refractivity contribution < 1.29 is 19.0 Å². The molecule has 0 unspecified atom stereocenters. The van der Waals surface area contributed by atoms with Crippen molar-refractivity contribution in [3.05, 3.63) is 23.8 Å². The Hall–Kier alpha value is -2.17. The van der Waals surface area contributed by atoms with E-state index in [4.69, 9.17) is 14.2 Å². The van der Waals surface area contributed by atoms with Gasteiger partial charge < -0.3 is 19.5 Å². The first-order valence-electron chi connectivity index (χ1n) is 7.37. The lowest BCUT2D eigenvalue weighted by molar-refractivity contribution is -0.117. The monoisotopic (exact) mass is 305 g/mol. The largest absolute Gasteiger partial charge is 0.493 e. The van der Waals surface area contributed by atoms with Crippen LogP contribution in [0.3, 0.4) is 0 Å². The molecule has 1 atom stereocenters. The molecule has 1 aromatic carbocycles. The van der Waals surface area contributed by atoms with Crippen molar-refractivity contribution in [3.8, 4) is 17.2 Å². The van der Waals surface area contributed by atoms with Gasteiger partial charge in [-0.05, 0) is 49.5 Å². The van der Waals surface area contributed by atoms with Gasteiger partial charge in [0.25, 0.3) is 0 Å². The molecular formula is C17H23NO4. The van der Waals surface area contributed by atoms with Crippen molar-refractivity contribution in [2.45, 2.75) is 25.8 Å². The smallest absolute Gasteiger partial charge is 0.244 e. The number of hydrogen-bond donors (Lipinski definition) is 1. The molecule has 1 fully saturated rings. The van der Waals surface area contributed by atoms with Gasteiger partial charge in [0.05, 0.1) is 21.3 Å². The minimum atomic E-state index is -0.0897. The summed E-state index contributed by atoms with van der Waals surface area (Å²) < 4.78 is 15.9. The molecule has 1 aliphatic rings. The molecule has 120 valence electrons. The third-order valence-electron chi connectivity index (χ3n) is 3.81. The van der Waals surface area contributed by atoms with Crippen molar-refractivity contribution in [2.24, 2.45) is 5.92 Å². The van der Waals surface area contributed by atoms with Gasteiger partial charge in [0, 0.05) is 12.1 Å². The number of carbonyl (C=O) groups excluding carboxylic acids is 1. The summed E-state index contributed by atoms with van der Waals surface area (Å²) in [4.78, 5) is 11.9. The van der Waals surface area contributed by atoms with E-state index in [0.29, 0.717) is 23.2 Å². The summed E-state index contributed by atoms with van der Waals surface area (Å²) in [5.74, 6) is 2.21. The molecule has 0 heterocycles. The standard InChI is InChI=1S/C17H23NO4/c1-11(13-6-7-13)18-16(19)8-5-12-9-14(20-2)17(22-4)15(10-12)21-3/h5,8-11,13H,6-7H2,1-4H3,(H,18,19)/b8-5+/t11-/m0/s1. The molecule has 1 N–H and O–H groups in total. The Bertz CT molecular complexity index is 539. The van der Waals surface area contributed by atoms with E-state index in [9.17, 15) is 4.79 Å². The van der Waals surface area contributed by atoms with Crippen LogP contribution in [0.5, 0.6) is 17.2 Å². The van der Waals surface area contributed by atoms with Crippen LogP contribution < -0.4 is 19.5 Å². The van der Waals surface area contributed by atoms with Crippen LogP contribution in [0.2, 0.25) is 0 Å². The molecule has 22 heavy (non-hydrogen) atoms. The molecule has 1 aliphatic carbocycles. The normalized spacial score (nSPS) is 15.5. The van der Waals surface area contributed by atoms with Crippen LogP contribution in [0.1, 0.15) is 25.3 Å². The van der Waals surface area contributed by atoms with Gasteiger partial charge in [-0.15, -0.1) is 0 Å². The van der Waals surface area contributed by atoms with Crippen LogP contribution >= 0.6 is 0 Å². The van der Waals surface area contributed by atoms with Gasteiger partial charge in [-0.25, -0.2) is 0 Å². The van der Waals surface area contributed by atoms with Crippen molar-refractivity contribution in [2.75, 3.05) is 21.3 Å². The molecule has 1 aromatic rings. The molecule has 5 nitrogen and oxygen atoms in total. The molecular weight excluding hydrogens is 282 g/mol. The van der Waals surface area contributed by atoms with Crippen molar-refractivity contribution in [1.82, 2.24) is 5.32 Å². The second kappa shape index (κ2) is 7.20. The summed E-state index contributed by atoms with van der Waals surface area (Å²) in [6.45, 7) is 2.04. The fraction of sp³-hybridized carbons (Fsp3) is 0.471. The van der Waals surface area contributed by atoms with Crippen LogP contribution in [0, 0.1) is 5.92 Å². The van der Waals surface area contributed by atoms with Crippen molar-refractivity contribution >= 4 is 12.0 Å². The third kappa shape index (κ3) is 3.93. The summed E-state index contributed by atoms with van der Waals surface area (Å²) in [7, 11) is 4.69. The number of hydrogen-bond acceptors (Lipinski definition) is 4. The van der Waals surface area contributed by atoms with Crippen molar-refractivity contribution in [3.63, 3.8) is 0 Å². The first-order valence-corrected chi connectivity index (χ1v) is 7.37. The van der Waals surface area contributed by atoms with Gasteiger partial charge in [-0.3, -0.25) is 4.79 Å². The Labute approximate surface area is 131 Å². The number of amides is 1. The van der Waals surface area contributed by atoms with Crippen LogP contribution in [0.25, 0.3) is 6.08 Å². The maximum Gasteiger partial charge on any atom is 0.244 e. The number of carbonyl (C=O) groups is 1. The lowest BCUT2D eigenvalue weighted by Crippen LogP contribution is -2.32. The molecule has 0 spiro atoms. The highest BCUT2D eigenvalue weighted by Crippen LogP contribution is 2.38. The van der Waals surface area contributed by atoms with E-state index in [1.54, 1.807) is 39.5 Å². The molecule has 2 rings (SSSR count). The number of ether oxygens (including phenoxy) is 3. The second-order valence-corrected chi connectivity index (χ2v) is 5.43. The van der Waals surface area contributed by atoms with E-state index < -0.39 is 0 Å². The Kier molecular flexibility index (Phi) is 5.31. The second-order valence-electron chi connectivity index (χ2n) is 5.43. The molecule has 0 radical (unpaired) electrons. The molecule has 5 heteroatoms. The predicted octanol–water partition coefficient (Wildman–Crippen LogP) is 2.64. The Morgan fingerprint density at radius 3 is 2.23 bits per heavy atom. The molecule has 1 saturated carbocycles. The van der Waals surface area contributed by atoms with Crippen LogP contribution in [0.15, 0.2) is 18.2 Å². The maximum absolute atomic E-state index is 11.9. The van der Waals surface area contributed by atoms with E-state index in [1.807, 2.05) is 6.92 Å². The Balaban J connectivity index is 2.10. The molecule has 0 aliphatic heterocycles. The fourth-order valence-corrected chi connectivity index (χ4v) is 2.36. The highest BCUT2D eigenvalue weighted by Gasteiger charge is 2.28. The van der Waals surface area contributed by atoms with Crippen LogP contribution in [0.4, 0.5) is 0 Å². The highest BCUT2D eigenvalue weighted by molar-refractivity contribution is 5.92. The average Bonchev–Trinajstić information content (AvgIpc) is 3.36. The van der Waals surface area contributed by atoms with Gasteiger partial charge in [0.1, 0.15) is 0 Å². The van der Waals surface area contributed by atoms with Crippen molar-refractivity contribution in [1.29, 1.82) is 0 Å². The Morgan fingerprint density at radius 1 is 1.18 bits per heavy atom. The van der Waals surface area contributed by atoms with Gasteiger partial charge in [0.2, 0.25) is 11.7 Å². The van der Waals surface area contributed by atoms with E-state index in [0.717, 1.165) is 5.56 Å². The fourth-order valence-electron chi connectivity index (χ4n) is 2.36. The maximum atomic E-state index is 11.9. The quantitative estimate of drug-likeness (QED) is 0.787. The van der Waals surface area contributed by atoms with Crippen LogP contribution in [-0.2, 0) is 4.79 Å². The summed E-state index contributed by atoms with van der Waals surface area (Å²) in [5.41, 5.74) is 0.809. The number of nitrogens with one attached hydrogen (secondary N) is 1. The van der Waals surface area contributed by atoms with E-state index in [-0.39, 0.29) is 11.9 Å². The number of methoxy groups -OCH3 is 3. The zero-order valence-electron chi connectivity index (χ0n) is 13.5. The van der Waals surface area contributed by atoms with E-state index in [1.165, 1.54) is 18.9 Å². The minimum Gasteiger partial charge on any atom is -0.493 e. The average molecular weight is 305 g/mol. The topological polar surface area (TPSA) is 56.8 Å². The minimum absolute atomic E-state index is 0.0897. The summed E-state index contributed by atoms with van der Waals surface area (Å²) in [5, 5.41) is 2.98. The summed E-state index contributed by atoms with van der Waals surface area (Å²) in [6, 6.07) is 3.84. The first-order chi connectivity index (χ1) is 10.6. The predicted molar refractivity (Wildman–Crippen MR) is 85.5 cm³/mol. The zero-order valence-corrected chi connectivity index (χ0v) is 13.5. The molecule has 1 amide bonds. The van der Waals surface area contributed by atoms with E-state index in [2.05, 4.69) is 5.32 Å². The van der Waals surface area contributed by atoms with Crippen LogP contribution in [-0.4, -0.2) is 33.3 Å². The molecule has 0 saturated heterocycles. The van der Waals surface area contributed by atoms with Gasteiger partial charge in [-0.2, -0.15) is 0 Å². The number of benzene rings is 1. The molecule has 0 bridgehead atoms. The SMILES string of the molecule is COc1cc(/C=C/C(=O)N[C@@H](C)C2CC2)cc(OC)c1OC. The highest BCUT2D eigenvalue weighted by atomic mass is 16.5. The Morgan fingerprint density at radius 2 is 1.77 bits per heavy atom. The van der Waals surface area contributed by atoms with Gasteiger partial charge >= 0.3 is 0 Å². The lowest BCUT2D eigenvalue weighted by atomic mass is 10.1. The lowest BCUT2D eigenvalue weighted by Gasteiger charge is -2.13. The molecule has 0 aromatic heterocycles. The zero-order chi connectivity index (χ0) is 16.1. The summed E-state index contributed by atoms with van der Waals surface area (Å²) >= 11 is 0. The van der Waals surface area contributed by atoms with Gasteiger partial charge in [-0.1, -0.05) is 0 Å². The first kappa shape index (κ1) is 16.2. The third-order valence-corrected chi connectivity index (χ3v) is 3.81. The summed E-state index contributed by atoms with van der Waals surface area (Å²) in [6.07, 6.45) is 5.68. The van der Waals surface area contributed by atoms with E-state index >= 15 is 0 Å². The number of rotatable bonds is 7. The van der Waals surface area contributed by atoms with Gasteiger partial charge in [0.15, 0.2) is 11.5 Å².